The van der Waals surface area contributed by atoms with Gasteiger partial charge in [-0.15, -0.1) is 6.58 Å². The van der Waals surface area contributed by atoms with Crippen molar-refractivity contribution in [2.24, 2.45) is 5.92 Å². The van der Waals surface area contributed by atoms with Crippen molar-refractivity contribution in [1.82, 2.24) is 0 Å². The average Bonchev–Trinajstić information content (AvgIpc) is 2.69. The summed E-state index contributed by atoms with van der Waals surface area (Å²) in [6, 6.07) is 10.1. The number of ether oxygens (including phenoxy) is 1. The molecule has 1 aliphatic rings. The molecule has 82 valence electrons. The Bertz CT molecular complexity index is 431. The van der Waals surface area contributed by atoms with E-state index in [2.05, 4.69) is 40.7 Å². The van der Waals surface area contributed by atoms with Gasteiger partial charge in [-0.25, -0.2) is 0 Å². The summed E-state index contributed by atoms with van der Waals surface area (Å²) in [6.07, 6.45) is 5.95. The Morgan fingerprint density at radius 3 is 2.75 bits per heavy atom. The SMILES string of the molecule is C=CC1C=CC(Br)=C1OCc1ccccc1. The van der Waals surface area contributed by atoms with Gasteiger partial charge >= 0.3 is 0 Å². The maximum Gasteiger partial charge on any atom is 0.121 e. The average molecular weight is 277 g/mol. The van der Waals surface area contributed by atoms with E-state index < -0.39 is 0 Å². The Kier molecular flexibility index (Phi) is 3.62. The van der Waals surface area contributed by atoms with E-state index in [1.165, 1.54) is 5.56 Å². The minimum atomic E-state index is 0.193. The van der Waals surface area contributed by atoms with E-state index in [1.807, 2.05) is 30.4 Å². The highest BCUT2D eigenvalue weighted by molar-refractivity contribution is 9.11. The lowest BCUT2D eigenvalue weighted by atomic mass is 10.1. The fourth-order valence-electron chi connectivity index (χ4n) is 1.60. The number of hydrogen-bond donors (Lipinski definition) is 0. The first-order chi connectivity index (χ1) is 7.81. The summed E-state index contributed by atoms with van der Waals surface area (Å²) in [5, 5.41) is 0. The van der Waals surface area contributed by atoms with Crippen molar-refractivity contribution in [2.45, 2.75) is 6.61 Å². The summed E-state index contributed by atoms with van der Waals surface area (Å²) in [5.74, 6) is 1.14. The van der Waals surface area contributed by atoms with Crippen LogP contribution in [-0.4, -0.2) is 0 Å². The molecule has 1 unspecified atom stereocenters. The Balaban J connectivity index is 2.01. The number of benzene rings is 1. The molecule has 0 amide bonds. The minimum absolute atomic E-state index is 0.193. The summed E-state index contributed by atoms with van der Waals surface area (Å²) in [4.78, 5) is 0. The van der Waals surface area contributed by atoms with E-state index in [1.54, 1.807) is 0 Å². The van der Waals surface area contributed by atoms with Crippen LogP contribution >= 0.6 is 15.9 Å². The second kappa shape index (κ2) is 5.17. The van der Waals surface area contributed by atoms with E-state index in [0.29, 0.717) is 6.61 Å². The molecule has 2 heteroatoms. The third-order valence-corrected chi connectivity index (χ3v) is 3.13. The van der Waals surface area contributed by atoms with Gasteiger partial charge in [-0.1, -0.05) is 42.5 Å². The Labute approximate surface area is 104 Å². The van der Waals surface area contributed by atoms with Crippen molar-refractivity contribution in [1.29, 1.82) is 0 Å². The molecule has 1 aliphatic carbocycles. The second-order valence-electron chi connectivity index (χ2n) is 3.61. The van der Waals surface area contributed by atoms with E-state index in [9.17, 15) is 0 Å². The van der Waals surface area contributed by atoms with Gasteiger partial charge in [-0.2, -0.15) is 0 Å². The molecular formula is C14H13BrO. The first-order valence-electron chi connectivity index (χ1n) is 5.18. The zero-order valence-electron chi connectivity index (χ0n) is 8.90. The van der Waals surface area contributed by atoms with Crippen LogP contribution in [0.1, 0.15) is 5.56 Å². The molecule has 0 N–H and O–H groups in total. The van der Waals surface area contributed by atoms with Gasteiger partial charge in [-0.05, 0) is 27.6 Å². The summed E-state index contributed by atoms with van der Waals surface area (Å²) in [6.45, 7) is 4.39. The molecule has 0 aromatic heterocycles. The van der Waals surface area contributed by atoms with Crippen LogP contribution < -0.4 is 0 Å². The molecular weight excluding hydrogens is 264 g/mol. The van der Waals surface area contributed by atoms with E-state index >= 15 is 0 Å². The predicted molar refractivity (Wildman–Crippen MR) is 70.0 cm³/mol. The fraction of sp³-hybridized carbons (Fsp3) is 0.143. The van der Waals surface area contributed by atoms with Gasteiger partial charge in [0, 0.05) is 0 Å². The van der Waals surface area contributed by atoms with Crippen LogP contribution in [0.5, 0.6) is 0 Å². The highest BCUT2D eigenvalue weighted by atomic mass is 79.9. The second-order valence-corrected chi connectivity index (χ2v) is 4.46. The van der Waals surface area contributed by atoms with Crippen molar-refractivity contribution in [3.63, 3.8) is 0 Å². The number of rotatable bonds is 4. The molecule has 16 heavy (non-hydrogen) atoms. The molecule has 0 saturated heterocycles. The van der Waals surface area contributed by atoms with Gasteiger partial charge in [0.25, 0.3) is 0 Å². The number of halogens is 1. The Hall–Kier alpha value is -1.28. The van der Waals surface area contributed by atoms with Crippen molar-refractivity contribution in [3.8, 4) is 0 Å². The highest BCUT2D eigenvalue weighted by Gasteiger charge is 2.17. The van der Waals surface area contributed by atoms with Crippen LogP contribution in [0.2, 0.25) is 0 Å². The van der Waals surface area contributed by atoms with Gasteiger partial charge in [0.15, 0.2) is 0 Å². The van der Waals surface area contributed by atoms with E-state index in [-0.39, 0.29) is 5.92 Å². The first-order valence-corrected chi connectivity index (χ1v) is 5.97. The topological polar surface area (TPSA) is 9.23 Å². The Morgan fingerprint density at radius 2 is 2.06 bits per heavy atom. The summed E-state index contributed by atoms with van der Waals surface area (Å²) in [7, 11) is 0. The smallest absolute Gasteiger partial charge is 0.121 e. The molecule has 1 atom stereocenters. The van der Waals surface area contributed by atoms with Crippen LogP contribution in [0.25, 0.3) is 0 Å². The first kappa shape index (κ1) is 11.2. The lowest BCUT2D eigenvalue weighted by Gasteiger charge is -2.12. The van der Waals surface area contributed by atoms with Gasteiger partial charge in [0.2, 0.25) is 0 Å². The molecule has 0 spiro atoms. The molecule has 0 fully saturated rings. The molecule has 0 heterocycles. The standard InChI is InChI=1S/C14H13BrO/c1-2-12-8-9-13(15)14(12)16-10-11-6-4-3-5-7-11/h2-9,12H,1,10H2. The lowest BCUT2D eigenvalue weighted by molar-refractivity contribution is 0.184. The largest absolute Gasteiger partial charge is 0.491 e. The van der Waals surface area contributed by atoms with Gasteiger partial charge in [0.05, 0.1) is 10.4 Å². The third-order valence-electron chi connectivity index (χ3n) is 2.48. The van der Waals surface area contributed by atoms with Crippen molar-refractivity contribution in [2.75, 3.05) is 0 Å². The minimum Gasteiger partial charge on any atom is -0.491 e. The molecule has 0 aliphatic heterocycles. The molecule has 1 aromatic rings. The third kappa shape index (κ3) is 2.45. The van der Waals surface area contributed by atoms with Crippen molar-refractivity contribution < 1.29 is 4.74 Å². The van der Waals surface area contributed by atoms with Gasteiger partial charge in [0.1, 0.15) is 12.4 Å². The van der Waals surface area contributed by atoms with E-state index in [0.717, 1.165) is 10.2 Å². The monoisotopic (exact) mass is 276 g/mol. The molecule has 0 radical (unpaired) electrons. The zero-order chi connectivity index (χ0) is 11.4. The molecule has 0 bridgehead atoms. The number of hydrogen-bond acceptors (Lipinski definition) is 1. The molecule has 2 rings (SSSR count). The normalized spacial score (nSPS) is 18.9. The van der Waals surface area contributed by atoms with Crippen molar-refractivity contribution >= 4 is 15.9 Å². The van der Waals surface area contributed by atoms with Crippen LogP contribution in [0, 0.1) is 5.92 Å². The summed E-state index contributed by atoms with van der Waals surface area (Å²) in [5.41, 5.74) is 1.17. The van der Waals surface area contributed by atoms with Gasteiger partial charge in [-0.3, -0.25) is 0 Å². The highest BCUT2D eigenvalue weighted by Crippen LogP contribution is 2.31. The zero-order valence-corrected chi connectivity index (χ0v) is 10.5. The molecule has 1 nitrogen and oxygen atoms in total. The Morgan fingerprint density at radius 1 is 1.31 bits per heavy atom. The molecule has 1 aromatic carbocycles. The number of allylic oxidation sites excluding steroid dienone is 3. The maximum atomic E-state index is 5.80. The van der Waals surface area contributed by atoms with Gasteiger partial charge < -0.3 is 4.74 Å². The quantitative estimate of drug-likeness (QED) is 0.750. The summed E-state index contributed by atoms with van der Waals surface area (Å²) < 4.78 is 6.81. The lowest BCUT2D eigenvalue weighted by Crippen LogP contribution is -2.00. The molecule has 0 saturated carbocycles. The van der Waals surface area contributed by atoms with Crippen molar-refractivity contribution in [3.05, 3.63) is 70.9 Å². The van der Waals surface area contributed by atoms with Crippen LogP contribution in [-0.2, 0) is 11.3 Å². The predicted octanol–water partition coefficient (Wildman–Crippen LogP) is 4.18. The van der Waals surface area contributed by atoms with Crippen LogP contribution in [0.15, 0.2) is 65.4 Å². The van der Waals surface area contributed by atoms with Crippen LogP contribution in [0.3, 0.4) is 0 Å². The fourth-order valence-corrected chi connectivity index (χ4v) is 2.13. The maximum absolute atomic E-state index is 5.80. The van der Waals surface area contributed by atoms with Crippen LogP contribution in [0.4, 0.5) is 0 Å². The summed E-state index contributed by atoms with van der Waals surface area (Å²) >= 11 is 3.48. The van der Waals surface area contributed by atoms with E-state index in [4.69, 9.17) is 4.74 Å².